The zero-order chi connectivity index (χ0) is 13.6. The second-order valence-corrected chi connectivity index (χ2v) is 5.04. The summed E-state index contributed by atoms with van der Waals surface area (Å²) in [6.45, 7) is 7.00. The standard InChI is InChI=1S/C13H18N4O/c1-13(2,3)11-6-4-10(5-7-11)12(18)15-8-9-16-17-14/h4-7H,8-9H2,1-3H3,(H,15,18). The van der Waals surface area contributed by atoms with Gasteiger partial charge in [-0.2, -0.15) is 0 Å². The number of carbonyl (C=O) groups excluding carboxylic acids is 1. The topological polar surface area (TPSA) is 77.9 Å². The van der Waals surface area contributed by atoms with Crippen LogP contribution < -0.4 is 5.32 Å². The molecule has 0 aliphatic rings. The van der Waals surface area contributed by atoms with Gasteiger partial charge in [-0.1, -0.05) is 38.0 Å². The van der Waals surface area contributed by atoms with E-state index in [4.69, 9.17) is 5.53 Å². The van der Waals surface area contributed by atoms with E-state index >= 15 is 0 Å². The summed E-state index contributed by atoms with van der Waals surface area (Å²) in [5.74, 6) is -0.149. The molecule has 0 heterocycles. The lowest BCUT2D eigenvalue weighted by atomic mass is 9.87. The number of amides is 1. The van der Waals surface area contributed by atoms with Crippen LogP contribution in [0.25, 0.3) is 10.4 Å². The molecule has 18 heavy (non-hydrogen) atoms. The first-order chi connectivity index (χ1) is 8.45. The SMILES string of the molecule is CC(C)(C)c1ccc(C(=O)NCCN=[N+]=[N-])cc1. The maximum Gasteiger partial charge on any atom is 0.251 e. The number of rotatable bonds is 4. The second-order valence-electron chi connectivity index (χ2n) is 5.04. The van der Waals surface area contributed by atoms with Gasteiger partial charge in [0.1, 0.15) is 0 Å². The zero-order valence-electron chi connectivity index (χ0n) is 11.0. The summed E-state index contributed by atoms with van der Waals surface area (Å²) in [5.41, 5.74) is 9.98. The van der Waals surface area contributed by atoms with Gasteiger partial charge in [-0.25, -0.2) is 0 Å². The Hall–Kier alpha value is -2.00. The van der Waals surface area contributed by atoms with Crippen molar-refractivity contribution in [3.63, 3.8) is 0 Å². The Labute approximate surface area is 107 Å². The molecule has 0 aliphatic carbocycles. The zero-order valence-corrected chi connectivity index (χ0v) is 11.0. The Balaban J connectivity index is 2.62. The lowest BCUT2D eigenvalue weighted by Crippen LogP contribution is -2.26. The van der Waals surface area contributed by atoms with Crippen LogP contribution in [0.3, 0.4) is 0 Å². The summed E-state index contributed by atoms with van der Waals surface area (Å²) in [6, 6.07) is 7.54. The monoisotopic (exact) mass is 246 g/mol. The van der Waals surface area contributed by atoms with Crippen molar-refractivity contribution in [2.45, 2.75) is 26.2 Å². The molecule has 0 fully saturated rings. The van der Waals surface area contributed by atoms with Crippen molar-refractivity contribution in [1.82, 2.24) is 5.32 Å². The van der Waals surface area contributed by atoms with Gasteiger partial charge in [-0.05, 0) is 28.6 Å². The van der Waals surface area contributed by atoms with Gasteiger partial charge < -0.3 is 5.32 Å². The highest BCUT2D eigenvalue weighted by Crippen LogP contribution is 2.22. The molecule has 0 atom stereocenters. The van der Waals surface area contributed by atoms with Gasteiger partial charge in [-0.15, -0.1) is 0 Å². The van der Waals surface area contributed by atoms with Gasteiger partial charge >= 0.3 is 0 Å². The summed E-state index contributed by atoms with van der Waals surface area (Å²) < 4.78 is 0. The molecule has 5 nitrogen and oxygen atoms in total. The van der Waals surface area contributed by atoms with Gasteiger partial charge in [-0.3, -0.25) is 4.79 Å². The van der Waals surface area contributed by atoms with Crippen LogP contribution in [0.4, 0.5) is 0 Å². The van der Waals surface area contributed by atoms with E-state index in [0.29, 0.717) is 12.1 Å². The minimum atomic E-state index is -0.149. The van der Waals surface area contributed by atoms with Crippen molar-refractivity contribution in [3.8, 4) is 0 Å². The molecule has 0 radical (unpaired) electrons. The van der Waals surface area contributed by atoms with Gasteiger partial charge in [0, 0.05) is 23.6 Å². The van der Waals surface area contributed by atoms with Gasteiger partial charge in [0.05, 0.1) is 0 Å². The highest BCUT2D eigenvalue weighted by Gasteiger charge is 2.13. The van der Waals surface area contributed by atoms with E-state index < -0.39 is 0 Å². The molecule has 0 saturated heterocycles. The maximum atomic E-state index is 11.7. The lowest BCUT2D eigenvalue weighted by Gasteiger charge is -2.19. The van der Waals surface area contributed by atoms with Crippen LogP contribution in [-0.4, -0.2) is 19.0 Å². The highest BCUT2D eigenvalue weighted by molar-refractivity contribution is 5.94. The fraction of sp³-hybridized carbons (Fsp3) is 0.462. The Morgan fingerprint density at radius 2 is 1.94 bits per heavy atom. The number of benzene rings is 1. The van der Waals surface area contributed by atoms with E-state index in [1.807, 2.05) is 24.3 Å². The smallest absolute Gasteiger partial charge is 0.251 e. The summed E-state index contributed by atoms with van der Waals surface area (Å²) in [7, 11) is 0. The molecule has 0 saturated carbocycles. The maximum absolute atomic E-state index is 11.7. The average molecular weight is 246 g/mol. The van der Waals surface area contributed by atoms with Gasteiger partial charge in [0.2, 0.25) is 0 Å². The first-order valence-electron chi connectivity index (χ1n) is 5.85. The highest BCUT2D eigenvalue weighted by atomic mass is 16.1. The van der Waals surface area contributed by atoms with Crippen molar-refractivity contribution >= 4 is 5.91 Å². The molecular weight excluding hydrogens is 228 g/mol. The molecular formula is C13H18N4O. The largest absolute Gasteiger partial charge is 0.352 e. The van der Waals surface area contributed by atoms with Crippen molar-refractivity contribution < 1.29 is 4.79 Å². The van der Waals surface area contributed by atoms with Crippen LogP contribution in [0, 0.1) is 0 Å². The number of nitrogens with zero attached hydrogens (tertiary/aromatic N) is 3. The first-order valence-corrected chi connectivity index (χ1v) is 5.85. The molecule has 1 N–H and O–H groups in total. The van der Waals surface area contributed by atoms with Crippen molar-refractivity contribution in [1.29, 1.82) is 0 Å². The first kappa shape index (κ1) is 14.1. The van der Waals surface area contributed by atoms with Crippen molar-refractivity contribution in [2.24, 2.45) is 5.11 Å². The lowest BCUT2D eigenvalue weighted by molar-refractivity contribution is 0.0954. The van der Waals surface area contributed by atoms with E-state index in [9.17, 15) is 4.79 Å². The minimum absolute atomic E-state index is 0.0799. The number of azide groups is 1. The molecule has 0 spiro atoms. The summed E-state index contributed by atoms with van der Waals surface area (Å²) in [4.78, 5) is 14.3. The van der Waals surface area contributed by atoms with Crippen LogP contribution in [0.15, 0.2) is 29.4 Å². The van der Waals surface area contributed by atoms with Crippen molar-refractivity contribution in [2.75, 3.05) is 13.1 Å². The quantitative estimate of drug-likeness (QED) is 0.377. The molecule has 0 aliphatic heterocycles. The van der Waals surface area contributed by atoms with Crippen LogP contribution in [-0.2, 0) is 5.41 Å². The van der Waals surface area contributed by atoms with Crippen LogP contribution in [0.1, 0.15) is 36.7 Å². The molecule has 0 unspecified atom stereocenters. The molecule has 96 valence electrons. The summed E-state index contributed by atoms with van der Waals surface area (Å²) in [6.07, 6.45) is 0. The third kappa shape index (κ3) is 4.11. The Kier molecular flexibility index (Phi) is 4.75. The van der Waals surface area contributed by atoms with Crippen LogP contribution in [0.5, 0.6) is 0 Å². The van der Waals surface area contributed by atoms with Gasteiger partial charge in [0.25, 0.3) is 5.91 Å². The summed E-state index contributed by atoms with van der Waals surface area (Å²) in [5, 5.41) is 6.04. The predicted molar refractivity (Wildman–Crippen MR) is 71.5 cm³/mol. The fourth-order valence-corrected chi connectivity index (χ4v) is 1.49. The normalized spacial score (nSPS) is 10.6. The minimum Gasteiger partial charge on any atom is -0.352 e. The van der Waals surface area contributed by atoms with E-state index in [-0.39, 0.29) is 17.9 Å². The Bertz CT molecular complexity index is 453. The molecule has 0 bridgehead atoms. The molecule has 1 rings (SSSR count). The predicted octanol–water partition coefficient (Wildman–Crippen LogP) is 3.02. The summed E-state index contributed by atoms with van der Waals surface area (Å²) >= 11 is 0. The van der Waals surface area contributed by atoms with Crippen LogP contribution in [0.2, 0.25) is 0 Å². The molecule has 5 heteroatoms. The molecule has 1 amide bonds. The average Bonchev–Trinajstić information content (AvgIpc) is 2.33. The number of carbonyl (C=O) groups is 1. The second kappa shape index (κ2) is 6.07. The number of hydrogen-bond donors (Lipinski definition) is 1. The third-order valence-electron chi connectivity index (χ3n) is 2.57. The fourth-order valence-electron chi connectivity index (χ4n) is 1.49. The van der Waals surface area contributed by atoms with E-state index in [2.05, 4.69) is 36.1 Å². The number of hydrogen-bond acceptors (Lipinski definition) is 2. The van der Waals surface area contributed by atoms with Gasteiger partial charge in [0.15, 0.2) is 0 Å². The van der Waals surface area contributed by atoms with Crippen LogP contribution >= 0.6 is 0 Å². The van der Waals surface area contributed by atoms with E-state index in [1.54, 1.807) is 0 Å². The van der Waals surface area contributed by atoms with E-state index in [1.165, 1.54) is 5.56 Å². The third-order valence-corrected chi connectivity index (χ3v) is 2.57. The molecule has 1 aromatic rings. The number of nitrogens with one attached hydrogen (secondary N) is 1. The van der Waals surface area contributed by atoms with E-state index in [0.717, 1.165) is 0 Å². The molecule has 0 aromatic heterocycles. The Morgan fingerprint density at radius 3 is 2.44 bits per heavy atom. The molecule has 1 aromatic carbocycles. The Morgan fingerprint density at radius 1 is 1.33 bits per heavy atom. The van der Waals surface area contributed by atoms with Crippen molar-refractivity contribution in [3.05, 3.63) is 45.8 Å².